The van der Waals surface area contributed by atoms with Gasteiger partial charge in [-0.3, -0.25) is 0 Å². The number of hydrogen-bond donors (Lipinski definition) is 0. The van der Waals surface area contributed by atoms with E-state index in [2.05, 4.69) is 27.7 Å². The van der Waals surface area contributed by atoms with Gasteiger partial charge in [0.2, 0.25) is 0 Å². The van der Waals surface area contributed by atoms with E-state index in [1.165, 1.54) is 0 Å². The van der Waals surface area contributed by atoms with E-state index in [4.69, 9.17) is 4.74 Å². The van der Waals surface area contributed by atoms with Crippen LogP contribution in [-0.2, 0) is 10.9 Å². The molecule has 0 N–H and O–H groups in total. The summed E-state index contributed by atoms with van der Waals surface area (Å²) in [6, 6.07) is 5.37. The zero-order valence-corrected chi connectivity index (χ0v) is 13.0. The van der Waals surface area contributed by atoms with Gasteiger partial charge in [-0.1, -0.05) is 39.8 Å². The molecule has 1 saturated heterocycles. The average molecular weight is 300 g/mol. The van der Waals surface area contributed by atoms with Gasteiger partial charge < -0.3 is 4.74 Å². The molecule has 0 saturated carbocycles. The summed E-state index contributed by atoms with van der Waals surface area (Å²) in [6.45, 7) is 8.62. The van der Waals surface area contributed by atoms with Gasteiger partial charge in [0, 0.05) is 0 Å². The molecule has 4 heteroatoms. The number of halogens is 3. The zero-order chi connectivity index (χ0) is 15.8. The molecule has 1 heterocycles. The van der Waals surface area contributed by atoms with Gasteiger partial charge in [0.1, 0.15) is 0 Å². The molecule has 0 amide bonds. The highest BCUT2D eigenvalue weighted by Crippen LogP contribution is 2.42. The van der Waals surface area contributed by atoms with Crippen LogP contribution in [0.5, 0.6) is 0 Å². The summed E-state index contributed by atoms with van der Waals surface area (Å²) in [5, 5.41) is 0. The van der Waals surface area contributed by atoms with E-state index in [1.54, 1.807) is 12.1 Å². The average Bonchev–Trinajstić information content (AvgIpc) is 2.66. The van der Waals surface area contributed by atoms with E-state index in [-0.39, 0.29) is 17.6 Å². The molecular weight excluding hydrogens is 277 g/mol. The maximum Gasteiger partial charge on any atom is 0.416 e. The maximum atomic E-state index is 12.6. The van der Waals surface area contributed by atoms with Crippen LogP contribution in [0.2, 0.25) is 0 Å². The largest absolute Gasteiger partial charge is 0.416 e. The highest BCUT2D eigenvalue weighted by atomic mass is 19.4. The SMILES string of the molecule is C[C@@H]1C[C@@H](CC(C)(C)C)O[C@H]1c1ccc(C(F)(F)F)cc1. The molecule has 118 valence electrons. The van der Waals surface area contributed by atoms with Crippen molar-refractivity contribution in [2.45, 2.75) is 58.9 Å². The quantitative estimate of drug-likeness (QED) is 0.690. The Labute approximate surface area is 124 Å². The third kappa shape index (κ3) is 4.22. The molecular formula is C17H23F3O. The zero-order valence-electron chi connectivity index (χ0n) is 13.0. The second-order valence-corrected chi connectivity index (χ2v) is 7.28. The fourth-order valence-corrected chi connectivity index (χ4v) is 3.02. The van der Waals surface area contributed by atoms with Crippen LogP contribution in [0.25, 0.3) is 0 Å². The molecule has 2 rings (SSSR count). The molecule has 0 radical (unpaired) electrons. The summed E-state index contributed by atoms with van der Waals surface area (Å²) in [4.78, 5) is 0. The standard InChI is InChI=1S/C17H23F3O/c1-11-9-14(10-16(2,3)4)21-15(11)12-5-7-13(8-6-12)17(18,19)20/h5-8,11,14-15H,9-10H2,1-4H3/t11-,14+,15-/m1/s1. The molecule has 0 aliphatic carbocycles. The van der Waals surface area contributed by atoms with Gasteiger partial charge in [-0.15, -0.1) is 0 Å². The lowest BCUT2D eigenvalue weighted by Crippen LogP contribution is -2.17. The lowest BCUT2D eigenvalue weighted by Gasteiger charge is -2.23. The van der Waals surface area contributed by atoms with Crippen molar-refractivity contribution in [3.63, 3.8) is 0 Å². The molecule has 0 unspecified atom stereocenters. The van der Waals surface area contributed by atoms with Gasteiger partial charge in [-0.05, 0) is 41.9 Å². The van der Waals surface area contributed by atoms with Crippen molar-refractivity contribution in [3.05, 3.63) is 35.4 Å². The van der Waals surface area contributed by atoms with E-state index in [1.807, 2.05) is 0 Å². The van der Waals surface area contributed by atoms with Crippen molar-refractivity contribution in [2.75, 3.05) is 0 Å². The second kappa shape index (κ2) is 5.64. The maximum absolute atomic E-state index is 12.6. The third-order valence-corrected chi connectivity index (χ3v) is 3.90. The molecule has 0 aromatic heterocycles. The third-order valence-electron chi connectivity index (χ3n) is 3.90. The lowest BCUT2D eigenvalue weighted by atomic mass is 9.86. The van der Waals surface area contributed by atoms with E-state index in [9.17, 15) is 13.2 Å². The summed E-state index contributed by atoms with van der Waals surface area (Å²) in [5.74, 6) is 0.328. The minimum atomic E-state index is -4.28. The van der Waals surface area contributed by atoms with Crippen LogP contribution in [-0.4, -0.2) is 6.10 Å². The Bertz CT molecular complexity index is 470. The Morgan fingerprint density at radius 3 is 2.14 bits per heavy atom. The highest BCUT2D eigenvalue weighted by molar-refractivity contribution is 5.27. The van der Waals surface area contributed by atoms with Crippen molar-refractivity contribution >= 4 is 0 Å². The van der Waals surface area contributed by atoms with E-state index < -0.39 is 11.7 Å². The normalized spacial score (nSPS) is 27.1. The topological polar surface area (TPSA) is 9.23 Å². The molecule has 0 bridgehead atoms. The lowest BCUT2D eigenvalue weighted by molar-refractivity contribution is -0.137. The van der Waals surface area contributed by atoms with Crippen LogP contribution in [0, 0.1) is 11.3 Å². The Balaban J connectivity index is 2.08. The first-order chi connectivity index (χ1) is 9.56. The van der Waals surface area contributed by atoms with Crippen LogP contribution in [0.3, 0.4) is 0 Å². The van der Waals surface area contributed by atoms with Crippen molar-refractivity contribution < 1.29 is 17.9 Å². The van der Waals surface area contributed by atoms with Crippen LogP contribution in [0.15, 0.2) is 24.3 Å². The smallest absolute Gasteiger partial charge is 0.370 e. The van der Waals surface area contributed by atoms with Crippen molar-refractivity contribution in [1.29, 1.82) is 0 Å². The predicted molar refractivity (Wildman–Crippen MR) is 76.9 cm³/mol. The van der Waals surface area contributed by atoms with Gasteiger partial charge in [0.25, 0.3) is 0 Å². The van der Waals surface area contributed by atoms with Crippen LogP contribution >= 0.6 is 0 Å². The highest BCUT2D eigenvalue weighted by Gasteiger charge is 2.36. The monoisotopic (exact) mass is 300 g/mol. The van der Waals surface area contributed by atoms with Gasteiger partial charge in [0.05, 0.1) is 17.8 Å². The fraction of sp³-hybridized carbons (Fsp3) is 0.647. The molecule has 0 spiro atoms. The van der Waals surface area contributed by atoms with Gasteiger partial charge in [-0.2, -0.15) is 13.2 Å². The Kier molecular flexibility index (Phi) is 4.39. The Hall–Kier alpha value is -1.03. The summed E-state index contributed by atoms with van der Waals surface area (Å²) in [7, 11) is 0. The van der Waals surface area contributed by atoms with Crippen molar-refractivity contribution in [2.24, 2.45) is 11.3 Å². The minimum Gasteiger partial charge on any atom is -0.370 e. The van der Waals surface area contributed by atoms with Crippen LogP contribution in [0.4, 0.5) is 13.2 Å². The van der Waals surface area contributed by atoms with Gasteiger partial charge in [0.15, 0.2) is 0 Å². The minimum absolute atomic E-state index is 0.0976. The molecule has 1 nitrogen and oxygen atoms in total. The number of rotatable bonds is 2. The number of hydrogen-bond acceptors (Lipinski definition) is 1. The van der Waals surface area contributed by atoms with Crippen molar-refractivity contribution in [3.8, 4) is 0 Å². The second-order valence-electron chi connectivity index (χ2n) is 7.28. The molecule has 1 aromatic carbocycles. The molecule has 1 aliphatic rings. The number of benzene rings is 1. The van der Waals surface area contributed by atoms with Crippen molar-refractivity contribution in [1.82, 2.24) is 0 Å². The number of alkyl halides is 3. The van der Waals surface area contributed by atoms with Crippen LogP contribution in [0.1, 0.15) is 57.8 Å². The van der Waals surface area contributed by atoms with Gasteiger partial charge in [-0.25, -0.2) is 0 Å². The summed E-state index contributed by atoms with van der Waals surface area (Å²) in [6.07, 6.45) is -2.26. The van der Waals surface area contributed by atoms with Crippen LogP contribution < -0.4 is 0 Å². The van der Waals surface area contributed by atoms with E-state index in [0.29, 0.717) is 5.92 Å². The summed E-state index contributed by atoms with van der Waals surface area (Å²) in [5.41, 5.74) is 0.425. The van der Waals surface area contributed by atoms with E-state index >= 15 is 0 Å². The molecule has 1 aliphatic heterocycles. The number of ether oxygens (including phenoxy) is 1. The summed E-state index contributed by atoms with van der Waals surface area (Å²) < 4.78 is 43.9. The van der Waals surface area contributed by atoms with E-state index in [0.717, 1.165) is 30.5 Å². The molecule has 21 heavy (non-hydrogen) atoms. The molecule has 3 atom stereocenters. The first-order valence-corrected chi connectivity index (χ1v) is 7.39. The molecule has 1 aromatic rings. The molecule has 1 fully saturated rings. The Morgan fingerprint density at radius 2 is 1.67 bits per heavy atom. The van der Waals surface area contributed by atoms with Gasteiger partial charge >= 0.3 is 6.18 Å². The first-order valence-electron chi connectivity index (χ1n) is 7.39. The predicted octanol–water partition coefficient (Wildman–Crippen LogP) is 5.61. The first kappa shape index (κ1) is 16.3. The fourth-order valence-electron chi connectivity index (χ4n) is 3.02. The summed E-state index contributed by atoms with van der Waals surface area (Å²) >= 11 is 0. The Morgan fingerprint density at radius 1 is 1.10 bits per heavy atom.